The Morgan fingerprint density at radius 2 is 0.988 bits per heavy atom. The van der Waals surface area contributed by atoms with Crippen molar-refractivity contribution in [1.82, 2.24) is 45.2 Å². The number of nitrogens with one attached hydrogen (secondary N) is 7. The number of aromatic nitrogens is 8. The number of carbonyl (C=O) groups excluding carboxylic acids is 4. The number of pyridine rings is 4. The number of ether oxygens (including phenoxy) is 2. The number of H-pyrrole nitrogens is 2. The maximum absolute atomic E-state index is 12.6. The quantitative estimate of drug-likeness (QED) is 0.0447. The van der Waals surface area contributed by atoms with Crippen LogP contribution in [0.3, 0.4) is 0 Å². The molecule has 4 aliphatic heterocycles. The van der Waals surface area contributed by atoms with Gasteiger partial charge in [0, 0.05) is 129 Å². The zero-order chi connectivity index (χ0) is 56.2. The van der Waals surface area contributed by atoms with E-state index in [1.54, 1.807) is 30.9 Å². The van der Waals surface area contributed by atoms with Crippen molar-refractivity contribution < 1.29 is 28.7 Å². The Morgan fingerprint density at radius 1 is 0.568 bits per heavy atom. The van der Waals surface area contributed by atoms with Gasteiger partial charge in [-0.05, 0) is 96.5 Å². The van der Waals surface area contributed by atoms with Crippen molar-refractivity contribution in [3.8, 4) is 22.8 Å². The smallest absolute Gasteiger partial charge is 0.324 e. The SMILES string of the molecule is C=CC(=O)Cl.C=CC(=O)NC1CN(c2ccnc(NC(=O)Nc3ccc(-c4nc5c(N6CCOCC6)nccc5[nH]4)cc3)c2)C1.NC1CN(c2ccnc(NC(=O)Nc3ccc(-c4nc5c(N6CCOCC6)nccc5[nH]4)cc3)c2)C1. The lowest BCUT2D eigenvalue weighted by Gasteiger charge is -2.41. The van der Waals surface area contributed by atoms with Crippen LogP contribution in [0.25, 0.3) is 44.8 Å². The Labute approximate surface area is 470 Å². The largest absolute Gasteiger partial charge is 0.378 e. The minimum absolute atomic E-state index is 0.0735. The van der Waals surface area contributed by atoms with E-state index in [1.807, 2.05) is 78.9 Å². The van der Waals surface area contributed by atoms with E-state index >= 15 is 0 Å². The van der Waals surface area contributed by atoms with Gasteiger partial charge in [0.2, 0.25) is 11.1 Å². The molecule has 4 fully saturated rings. The van der Waals surface area contributed by atoms with E-state index in [0.717, 1.165) is 113 Å². The van der Waals surface area contributed by atoms with Gasteiger partial charge in [-0.3, -0.25) is 20.2 Å². The highest BCUT2D eigenvalue weighted by Gasteiger charge is 2.28. The summed E-state index contributed by atoms with van der Waals surface area (Å²) in [6.07, 6.45) is 9.21. The topological polar surface area (TPSA) is 295 Å². The second-order valence-electron chi connectivity index (χ2n) is 19.0. The van der Waals surface area contributed by atoms with Gasteiger partial charge in [0.05, 0.1) is 43.5 Å². The van der Waals surface area contributed by atoms with Crippen LogP contribution in [0, 0.1) is 0 Å². The van der Waals surface area contributed by atoms with E-state index in [4.69, 9.17) is 36.8 Å². The number of benzene rings is 2. The zero-order valence-electron chi connectivity index (χ0n) is 44.0. The Bertz CT molecular complexity index is 3540. The summed E-state index contributed by atoms with van der Waals surface area (Å²) in [6, 6.07) is 25.7. The van der Waals surface area contributed by atoms with Gasteiger partial charge < -0.3 is 60.7 Å². The Hall–Kier alpha value is -9.49. The van der Waals surface area contributed by atoms with Crippen LogP contribution in [-0.2, 0) is 19.1 Å². The van der Waals surface area contributed by atoms with Crippen LogP contribution < -0.4 is 51.9 Å². The molecule has 9 N–H and O–H groups in total. The van der Waals surface area contributed by atoms with Gasteiger partial charge >= 0.3 is 12.1 Å². The highest BCUT2D eigenvalue weighted by Crippen LogP contribution is 2.31. The van der Waals surface area contributed by atoms with Crippen molar-refractivity contribution in [3.05, 3.63) is 135 Å². The molecular formula is C56H59ClN18O6. The number of hydrogen-bond acceptors (Lipinski definition) is 17. The highest BCUT2D eigenvalue weighted by atomic mass is 35.5. The summed E-state index contributed by atoms with van der Waals surface area (Å²) in [7, 11) is 0. The van der Waals surface area contributed by atoms with Crippen molar-refractivity contribution in [3.63, 3.8) is 0 Å². The van der Waals surface area contributed by atoms with E-state index in [1.165, 1.54) is 6.08 Å². The summed E-state index contributed by atoms with van der Waals surface area (Å²) in [6.45, 7) is 15.4. The summed E-state index contributed by atoms with van der Waals surface area (Å²) in [5.74, 6) is 3.92. The number of nitrogens with two attached hydrogens (primary N) is 1. The molecule has 0 aliphatic carbocycles. The molecule has 4 saturated heterocycles. The summed E-state index contributed by atoms with van der Waals surface area (Å²) >= 11 is 4.71. The molecule has 0 spiro atoms. The van der Waals surface area contributed by atoms with Crippen LogP contribution in [0.4, 0.5) is 55.6 Å². The molecule has 0 saturated carbocycles. The van der Waals surface area contributed by atoms with Gasteiger partial charge in [-0.2, -0.15) is 0 Å². The molecule has 2 aromatic carbocycles. The third-order valence-corrected chi connectivity index (χ3v) is 13.6. The standard InChI is InChI=1S/C28H29N9O3.C25H27N9O2.C3H3ClO/c1-2-24(38)31-20-16-37(17-20)21-7-9-29-23(15-21)34-28(39)32-19-5-3-18(4-6-19)26-33-22-8-10-30-27(25(22)35-26)36-11-13-40-14-12-36;26-17-14-34(15-17)19-5-7-27-21(13-19)31-25(35)29-18-3-1-16(2-4-18)23-30-20-6-8-28-24(22(20)32-23)33-9-11-36-12-10-33;1-2-3(4)5/h2-10,15,20H,1,11-14,16-17H2,(H,31,38)(H,33,35)(H2,29,32,34,39);1-8,13,17H,9-12,14-15,26H2,(H,30,32)(H2,27,29,31,35);2H,1H2. The predicted molar refractivity (Wildman–Crippen MR) is 314 cm³/mol. The fourth-order valence-electron chi connectivity index (χ4n) is 9.24. The molecule has 25 heteroatoms. The maximum Gasteiger partial charge on any atom is 0.324 e. The second-order valence-corrected chi connectivity index (χ2v) is 19.4. The summed E-state index contributed by atoms with van der Waals surface area (Å²) in [5, 5.41) is 13.6. The molecule has 0 bridgehead atoms. The Morgan fingerprint density at radius 3 is 1.40 bits per heavy atom. The molecule has 8 aromatic rings. The third-order valence-electron chi connectivity index (χ3n) is 13.4. The Kier molecular flexibility index (Phi) is 17.3. The molecule has 81 heavy (non-hydrogen) atoms. The number of rotatable bonds is 13. The number of allylic oxidation sites excluding steroid dienone is 1. The lowest BCUT2D eigenvalue weighted by molar-refractivity contribution is -0.117. The van der Waals surface area contributed by atoms with Crippen LogP contribution in [0.1, 0.15) is 0 Å². The first-order chi connectivity index (χ1) is 39.4. The lowest BCUT2D eigenvalue weighted by Crippen LogP contribution is -2.59. The number of nitrogens with zero attached hydrogens (tertiary/aromatic N) is 10. The Balaban J connectivity index is 0.000000169. The number of halogens is 1. The molecule has 0 atom stereocenters. The van der Waals surface area contributed by atoms with Crippen LogP contribution in [0.5, 0.6) is 0 Å². The van der Waals surface area contributed by atoms with Gasteiger partial charge in [0.25, 0.3) is 0 Å². The van der Waals surface area contributed by atoms with E-state index in [-0.39, 0.29) is 24.0 Å². The average molecular weight is 1120 g/mol. The van der Waals surface area contributed by atoms with Gasteiger partial charge in [0.15, 0.2) is 11.6 Å². The van der Waals surface area contributed by atoms with E-state index in [0.29, 0.717) is 62.5 Å². The maximum atomic E-state index is 12.6. The molecule has 0 unspecified atom stereocenters. The first-order valence-electron chi connectivity index (χ1n) is 26.1. The third kappa shape index (κ3) is 13.9. The fraction of sp³-hybridized carbons (Fsp3) is 0.250. The molecule has 24 nitrogen and oxygen atoms in total. The van der Waals surface area contributed by atoms with Gasteiger partial charge in [0.1, 0.15) is 34.3 Å². The van der Waals surface area contributed by atoms with Crippen molar-refractivity contribution >= 4 is 103 Å². The lowest BCUT2D eigenvalue weighted by atomic mass is 10.1. The van der Waals surface area contributed by atoms with Crippen molar-refractivity contribution in [2.75, 3.05) is 120 Å². The van der Waals surface area contributed by atoms with Gasteiger partial charge in [-0.25, -0.2) is 39.5 Å². The van der Waals surface area contributed by atoms with E-state index in [2.05, 4.69) is 89.2 Å². The van der Waals surface area contributed by atoms with Gasteiger partial charge in [-0.15, -0.1) is 0 Å². The van der Waals surface area contributed by atoms with Crippen molar-refractivity contribution in [2.45, 2.75) is 12.1 Å². The average Bonchev–Trinajstić information content (AvgIpc) is 4.16. The summed E-state index contributed by atoms with van der Waals surface area (Å²) < 4.78 is 10.9. The van der Waals surface area contributed by atoms with Crippen molar-refractivity contribution in [1.29, 1.82) is 0 Å². The second kappa shape index (κ2) is 25.5. The first kappa shape index (κ1) is 54.8. The minimum Gasteiger partial charge on any atom is -0.378 e. The normalized spacial score (nSPS) is 15.2. The van der Waals surface area contributed by atoms with E-state index in [9.17, 15) is 19.2 Å². The molecule has 12 rings (SSSR count). The van der Waals surface area contributed by atoms with Gasteiger partial charge in [-0.1, -0.05) is 13.2 Å². The monoisotopic (exact) mass is 1110 g/mol. The zero-order valence-corrected chi connectivity index (χ0v) is 44.7. The van der Waals surface area contributed by atoms with E-state index < -0.39 is 11.3 Å². The number of anilines is 8. The molecule has 0 radical (unpaired) electrons. The molecule has 416 valence electrons. The number of amides is 5. The fourth-order valence-corrected chi connectivity index (χ4v) is 9.24. The van der Waals surface area contributed by atoms with Crippen LogP contribution in [-0.4, -0.2) is 154 Å². The number of urea groups is 2. The predicted octanol–water partition coefficient (Wildman–Crippen LogP) is 6.58. The van der Waals surface area contributed by atoms with Crippen LogP contribution in [0.2, 0.25) is 0 Å². The van der Waals surface area contributed by atoms with Crippen LogP contribution in [0.15, 0.2) is 135 Å². The first-order valence-corrected chi connectivity index (χ1v) is 26.5. The number of morpholine rings is 2. The number of imidazole rings is 2. The molecule has 4 aliphatic rings. The molecule has 10 heterocycles. The molecule has 5 amide bonds. The minimum atomic E-state index is -0.509. The number of aromatic amines is 2. The molecule has 6 aromatic heterocycles. The summed E-state index contributed by atoms with van der Waals surface area (Å²) in [4.78, 5) is 88.7. The number of hydrogen-bond donors (Lipinski definition) is 8. The number of fused-ring (bicyclic) bond motifs is 2. The van der Waals surface area contributed by atoms with Crippen molar-refractivity contribution in [2.24, 2.45) is 5.73 Å². The highest BCUT2D eigenvalue weighted by molar-refractivity contribution is 6.66. The number of carbonyl (C=O) groups is 4. The molecular weight excluding hydrogens is 1060 g/mol. The summed E-state index contributed by atoms with van der Waals surface area (Å²) in [5.41, 5.74) is 14.4. The van der Waals surface area contributed by atoms with Crippen LogP contribution >= 0.6 is 11.6 Å².